The third-order valence-electron chi connectivity index (χ3n) is 1.60. The van der Waals surface area contributed by atoms with Crippen LogP contribution >= 0.6 is 0 Å². The van der Waals surface area contributed by atoms with Crippen molar-refractivity contribution in [1.29, 1.82) is 0 Å². The van der Waals surface area contributed by atoms with E-state index in [2.05, 4.69) is 0 Å². The molecular weight excluding hydrogens is 216 g/mol. The Morgan fingerprint density at radius 2 is 1.50 bits per heavy atom. The molecule has 0 amide bonds. The van der Waals surface area contributed by atoms with E-state index < -0.39 is 6.29 Å². The molecule has 0 saturated heterocycles. The van der Waals surface area contributed by atoms with Crippen molar-refractivity contribution >= 4 is 0 Å². The van der Waals surface area contributed by atoms with Crippen molar-refractivity contribution in [1.82, 2.24) is 0 Å². The number of hydrogen-bond donors (Lipinski definition) is 2. The van der Waals surface area contributed by atoms with E-state index in [0.29, 0.717) is 39.6 Å². The molecule has 1 atom stereocenters. The summed E-state index contributed by atoms with van der Waals surface area (Å²) in [5, 5.41) is 17.5. The van der Waals surface area contributed by atoms with Gasteiger partial charge in [-0.15, -0.1) is 0 Å². The van der Waals surface area contributed by atoms with Gasteiger partial charge in [-0.25, -0.2) is 0 Å². The average molecular weight is 238 g/mol. The van der Waals surface area contributed by atoms with E-state index in [1.165, 1.54) is 0 Å². The van der Waals surface area contributed by atoms with Gasteiger partial charge in [-0.3, -0.25) is 0 Å². The topological polar surface area (TPSA) is 77.4 Å². The van der Waals surface area contributed by atoms with Gasteiger partial charge in [0.05, 0.1) is 46.2 Å². The lowest BCUT2D eigenvalue weighted by atomic mass is 10.6. The third-order valence-corrected chi connectivity index (χ3v) is 1.60. The van der Waals surface area contributed by atoms with Crippen LogP contribution < -0.4 is 0 Å². The van der Waals surface area contributed by atoms with Crippen molar-refractivity contribution in [2.45, 2.75) is 13.2 Å². The molecule has 0 spiro atoms. The van der Waals surface area contributed by atoms with Gasteiger partial charge in [0, 0.05) is 6.61 Å². The summed E-state index contributed by atoms with van der Waals surface area (Å²) in [4.78, 5) is 0. The van der Waals surface area contributed by atoms with Crippen molar-refractivity contribution < 1.29 is 29.2 Å². The second kappa shape index (κ2) is 12.8. The molecule has 0 radical (unpaired) electrons. The second-order valence-corrected chi connectivity index (χ2v) is 2.93. The Morgan fingerprint density at radius 1 is 0.938 bits per heavy atom. The number of aliphatic hydroxyl groups is 2. The molecule has 0 bridgehead atoms. The zero-order valence-electron chi connectivity index (χ0n) is 9.76. The second-order valence-electron chi connectivity index (χ2n) is 2.93. The summed E-state index contributed by atoms with van der Waals surface area (Å²) in [5.41, 5.74) is 0. The van der Waals surface area contributed by atoms with Gasteiger partial charge < -0.3 is 29.2 Å². The van der Waals surface area contributed by atoms with E-state index in [4.69, 9.17) is 29.2 Å². The van der Waals surface area contributed by atoms with Gasteiger partial charge in [0.2, 0.25) is 0 Å². The number of ether oxygens (including phenoxy) is 4. The fourth-order valence-corrected chi connectivity index (χ4v) is 0.929. The Morgan fingerprint density at radius 3 is 2.06 bits per heavy atom. The summed E-state index contributed by atoms with van der Waals surface area (Å²) in [6.45, 7) is 4.56. The highest BCUT2D eigenvalue weighted by Gasteiger charge is 2.01. The Balaban J connectivity index is 2.98. The molecular formula is C10H22O6. The smallest absolute Gasteiger partial charge is 0.178 e. The Hall–Kier alpha value is -0.240. The first-order valence-corrected chi connectivity index (χ1v) is 5.45. The maximum atomic E-state index is 9.12. The van der Waals surface area contributed by atoms with Crippen LogP contribution in [0.5, 0.6) is 0 Å². The van der Waals surface area contributed by atoms with E-state index in [9.17, 15) is 0 Å². The Labute approximate surface area is 96.1 Å². The van der Waals surface area contributed by atoms with Gasteiger partial charge in [0.15, 0.2) is 6.29 Å². The molecule has 6 heteroatoms. The minimum Gasteiger partial charge on any atom is -0.394 e. The first-order valence-electron chi connectivity index (χ1n) is 5.45. The van der Waals surface area contributed by atoms with Gasteiger partial charge in [-0.1, -0.05) is 0 Å². The molecule has 0 aromatic rings. The number of hydrogen-bond acceptors (Lipinski definition) is 6. The number of aliphatic hydroxyl groups excluding tert-OH is 2. The van der Waals surface area contributed by atoms with E-state index in [-0.39, 0.29) is 13.2 Å². The zero-order chi connectivity index (χ0) is 12.1. The molecule has 0 aliphatic carbocycles. The lowest BCUT2D eigenvalue weighted by Gasteiger charge is -2.11. The molecule has 0 aromatic carbocycles. The highest BCUT2D eigenvalue weighted by molar-refractivity contribution is 4.38. The highest BCUT2D eigenvalue weighted by Crippen LogP contribution is 1.88. The first-order chi connectivity index (χ1) is 7.81. The minimum atomic E-state index is -0.863. The van der Waals surface area contributed by atoms with Crippen molar-refractivity contribution in [2.75, 3.05) is 52.9 Å². The maximum absolute atomic E-state index is 9.12. The van der Waals surface area contributed by atoms with Crippen LogP contribution in [0.4, 0.5) is 0 Å². The quantitative estimate of drug-likeness (QED) is 0.349. The summed E-state index contributed by atoms with van der Waals surface area (Å²) in [6.07, 6.45) is -0.863. The van der Waals surface area contributed by atoms with Crippen LogP contribution in [0.2, 0.25) is 0 Å². The fraction of sp³-hybridized carbons (Fsp3) is 1.00. The van der Waals surface area contributed by atoms with Crippen LogP contribution in [-0.2, 0) is 18.9 Å². The molecule has 16 heavy (non-hydrogen) atoms. The molecule has 0 rings (SSSR count). The average Bonchev–Trinajstić information content (AvgIpc) is 2.27. The SMILES string of the molecule is CCOC(O)COCCOCCOCCO. The lowest BCUT2D eigenvalue weighted by Crippen LogP contribution is -2.20. The summed E-state index contributed by atoms with van der Waals surface area (Å²) in [7, 11) is 0. The fourth-order valence-electron chi connectivity index (χ4n) is 0.929. The van der Waals surface area contributed by atoms with E-state index >= 15 is 0 Å². The van der Waals surface area contributed by atoms with Crippen LogP contribution in [-0.4, -0.2) is 69.4 Å². The van der Waals surface area contributed by atoms with Crippen molar-refractivity contribution in [3.8, 4) is 0 Å². The molecule has 0 aliphatic rings. The minimum absolute atomic E-state index is 0.0262. The lowest BCUT2D eigenvalue weighted by molar-refractivity contribution is -0.138. The van der Waals surface area contributed by atoms with Gasteiger partial charge in [0.25, 0.3) is 0 Å². The largest absolute Gasteiger partial charge is 0.394 e. The molecule has 0 aliphatic heterocycles. The van der Waals surface area contributed by atoms with E-state index in [0.717, 1.165) is 0 Å². The van der Waals surface area contributed by atoms with Crippen LogP contribution in [0.15, 0.2) is 0 Å². The van der Waals surface area contributed by atoms with Gasteiger partial charge in [-0.05, 0) is 6.92 Å². The predicted octanol–water partition coefficient (Wildman–Crippen LogP) is -0.617. The first kappa shape index (κ1) is 15.8. The van der Waals surface area contributed by atoms with Crippen molar-refractivity contribution in [2.24, 2.45) is 0 Å². The zero-order valence-corrected chi connectivity index (χ0v) is 9.76. The van der Waals surface area contributed by atoms with Gasteiger partial charge in [0.1, 0.15) is 0 Å². The van der Waals surface area contributed by atoms with Crippen LogP contribution in [0.1, 0.15) is 6.92 Å². The summed E-state index contributed by atoms with van der Waals surface area (Å²) in [5.74, 6) is 0. The van der Waals surface area contributed by atoms with Crippen LogP contribution in [0, 0.1) is 0 Å². The molecule has 2 N–H and O–H groups in total. The molecule has 0 aromatic heterocycles. The Bertz CT molecular complexity index is 132. The van der Waals surface area contributed by atoms with Crippen molar-refractivity contribution in [3.63, 3.8) is 0 Å². The van der Waals surface area contributed by atoms with E-state index in [1.54, 1.807) is 6.92 Å². The van der Waals surface area contributed by atoms with Gasteiger partial charge >= 0.3 is 0 Å². The molecule has 6 nitrogen and oxygen atoms in total. The molecule has 98 valence electrons. The normalized spacial score (nSPS) is 12.9. The van der Waals surface area contributed by atoms with Gasteiger partial charge in [-0.2, -0.15) is 0 Å². The standard InChI is InChI=1S/C10H22O6/c1-2-16-10(12)9-15-8-7-14-6-5-13-4-3-11/h10-12H,2-9H2,1H3. The molecule has 0 heterocycles. The third kappa shape index (κ3) is 11.8. The maximum Gasteiger partial charge on any atom is 0.178 e. The van der Waals surface area contributed by atoms with Crippen LogP contribution in [0.25, 0.3) is 0 Å². The summed E-state index contributed by atoms with van der Waals surface area (Å²) in [6, 6.07) is 0. The highest BCUT2D eigenvalue weighted by atomic mass is 16.6. The van der Waals surface area contributed by atoms with Crippen molar-refractivity contribution in [3.05, 3.63) is 0 Å². The Kier molecular flexibility index (Phi) is 12.6. The summed E-state index contributed by atoms with van der Waals surface area (Å²) < 4.78 is 20.1. The molecule has 1 unspecified atom stereocenters. The molecule has 0 saturated carbocycles. The van der Waals surface area contributed by atoms with E-state index in [1.807, 2.05) is 0 Å². The molecule has 0 fully saturated rings. The monoisotopic (exact) mass is 238 g/mol. The van der Waals surface area contributed by atoms with Crippen LogP contribution in [0.3, 0.4) is 0 Å². The predicted molar refractivity (Wildman–Crippen MR) is 57.2 cm³/mol. The number of rotatable bonds is 12. The summed E-state index contributed by atoms with van der Waals surface area (Å²) >= 11 is 0.